The third kappa shape index (κ3) is 4.33. The molecular weight excluding hydrogens is 396 g/mol. The third-order valence-electron chi connectivity index (χ3n) is 5.20. The van der Waals surface area contributed by atoms with Crippen molar-refractivity contribution in [1.82, 2.24) is 14.5 Å². The molecule has 3 aromatic carbocycles. The van der Waals surface area contributed by atoms with Crippen LogP contribution in [0.1, 0.15) is 35.9 Å². The molecule has 0 N–H and O–H groups in total. The van der Waals surface area contributed by atoms with E-state index in [0.717, 1.165) is 47.8 Å². The van der Waals surface area contributed by atoms with E-state index in [1.165, 1.54) is 0 Å². The first-order chi connectivity index (χ1) is 15.1. The first kappa shape index (κ1) is 20.7. The van der Waals surface area contributed by atoms with Gasteiger partial charge in [0.1, 0.15) is 17.5 Å². The summed E-state index contributed by atoms with van der Waals surface area (Å²) in [6.45, 7) is 2.62. The molecule has 0 aliphatic rings. The van der Waals surface area contributed by atoms with Crippen molar-refractivity contribution < 1.29 is 13.6 Å². The number of carbonyl (C=O) groups is 1. The van der Waals surface area contributed by atoms with Crippen LogP contribution in [-0.2, 0) is 6.54 Å². The monoisotopic (exact) mass is 419 g/mol. The lowest BCUT2D eigenvalue weighted by Crippen LogP contribution is -2.33. The Labute approximate surface area is 179 Å². The number of halogens is 2. The number of fused-ring (bicyclic) bond motifs is 1. The molecule has 0 bridgehead atoms. The number of amides is 1. The third-order valence-corrected chi connectivity index (χ3v) is 5.20. The van der Waals surface area contributed by atoms with Crippen LogP contribution in [0.15, 0.2) is 72.8 Å². The number of nitrogens with zero attached hydrogens (tertiary/aromatic N) is 3. The van der Waals surface area contributed by atoms with Gasteiger partial charge in [-0.05, 0) is 48.9 Å². The van der Waals surface area contributed by atoms with E-state index in [1.54, 1.807) is 4.90 Å². The van der Waals surface area contributed by atoms with E-state index in [0.29, 0.717) is 12.4 Å². The number of imidazole rings is 1. The van der Waals surface area contributed by atoms with Crippen LogP contribution < -0.4 is 0 Å². The molecule has 0 spiro atoms. The van der Waals surface area contributed by atoms with Gasteiger partial charge in [-0.2, -0.15) is 0 Å². The smallest absolute Gasteiger partial charge is 0.257 e. The molecule has 0 aliphatic heterocycles. The van der Waals surface area contributed by atoms with Crippen LogP contribution in [0, 0.1) is 11.6 Å². The molecule has 6 heteroatoms. The van der Waals surface area contributed by atoms with Crippen molar-refractivity contribution >= 4 is 16.9 Å². The number of benzene rings is 3. The van der Waals surface area contributed by atoms with Crippen LogP contribution >= 0.6 is 0 Å². The van der Waals surface area contributed by atoms with Gasteiger partial charge in [-0.1, -0.05) is 43.7 Å². The first-order valence-corrected chi connectivity index (χ1v) is 10.3. The van der Waals surface area contributed by atoms with Crippen molar-refractivity contribution in [2.75, 3.05) is 6.54 Å². The van der Waals surface area contributed by atoms with E-state index in [9.17, 15) is 13.6 Å². The Kier molecular flexibility index (Phi) is 6.07. The summed E-state index contributed by atoms with van der Waals surface area (Å²) in [5, 5.41) is 0. The Hall–Kier alpha value is -3.54. The van der Waals surface area contributed by atoms with E-state index in [2.05, 4.69) is 0 Å². The molecule has 0 radical (unpaired) electrons. The average molecular weight is 419 g/mol. The number of para-hydroxylation sites is 3. The van der Waals surface area contributed by atoms with Crippen molar-refractivity contribution in [2.45, 2.75) is 26.3 Å². The van der Waals surface area contributed by atoms with E-state index in [1.807, 2.05) is 66.1 Å². The van der Waals surface area contributed by atoms with Crippen molar-refractivity contribution in [3.8, 4) is 5.69 Å². The van der Waals surface area contributed by atoms with Gasteiger partial charge in [-0.15, -0.1) is 0 Å². The van der Waals surface area contributed by atoms with Crippen LogP contribution in [0.2, 0.25) is 0 Å². The summed E-state index contributed by atoms with van der Waals surface area (Å²) >= 11 is 0. The standard InChI is InChI=1S/C25H23F2N3O/c1-2-3-15-29(25(31)20-16-18(26)13-14-21(20)27)17-24-28-22-11-7-8-12-23(22)30(24)19-9-5-4-6-10-19/h4-14,16H,2-3,15,17H2,1H3. The lowest BCUT2D eigenvalue weighted by Gasteiger charge is -2.23. The predicted octanol–water partition coefficient (Wildman–Crippen LogP) is 5.75. The van der Waals surface area contributed by atoms with Gasteiger partial charge >= 0.3 is 0 Å². The van der Waals surface area contributed by atoms with Crippen LogP contribution in [-0.4, -0.2) is 26.9 Å². The normalized spacial score (nSPS) is 11.1. The second-order valence-corrected chi connectivity index (χ2v) is 7.39. The maximum absolute atomic E-state index is 14.3. The number of rotatable bonds is 7. The Morgan fingerprint density at radius 2 is 1.74 bits per heavy atom. The topological polar surface area (TPSA) is 38.1 Å². The number of hydrogen-bond acceptors (Lipinski definition) is 2. The van der Waals surface area contributed by atoms with Gasteiger partial charge in [0.15, 0.2) is 0 Å². The largest absolute Gasteiger partial charge is 0.331 e. The molecule has 0 unspecified atom stereocenters. The minimum atomic E-state index is -0.732. The molecule has 1 heterocycles. The second kappa shape index (κ2) is 9.08. The van der Waals surface area contributed by atoms with E-state index in [4.69, 9.17) is 4.98 Å². The summed E-state index contributed by atoms with van der Waals surface area (Å²) in [7, 11) is 0. The van der Waals surface area contributed by atoms with Crippen LogP contribution in [0.4, 0.5) is 8.78 Å². The maximum Gasteiger partial charge on any atom is 0.257 e. The summed E-state index contributed by atoms with van der Waals surface area (Å²) in [5.41, 5.74) is 2.38. The van der Waals surface area contributed by atoms with Crippen LogP contribution in [0.5, 0.6) is 0 Å². The van der Waals surface area contributed by atoms with Gasteiger partial charge in [0.05, 0.1) is 23.1 Å². The fourth-order valence-corrected chi connectivity index (χ4v) is 3.65. The van der Waals surface area contributed by atoms with Crippen LogP contribution in [0.25, 0.3) is 16.7 Å². The molecule has 31 heavy (non-hydrogen) atoms. The van der Waals surface area contributed by atoms with Crippen molar-refractivity contribution in [3.05, 3.63) is 95.8 Å². The number of carbonyl (C=O) groups excluding carboxylic acids is 1. The Bertz CT molecular complexity index is 1200. The molecule has 4 aromatic rings. The molecular formula is C25H23F2N3O. The zero-order valence-electron chi connectivity index (χ0n) is 17.3. The predicted molar refractivity (Wildman–Crippen MR) is 117 cm³/mol. The highest BCUT2D eigenvalue weighted by atomic mass is 19.1. The first-order valence-electron chi connectivity index (χ1n) is 10.3. The molecule has 4 rings (SSSR count). The Morgan fingerprint density at radius 1 is 1.00 bits per heavy atom. The molecule has 0 fully saturated rings. The molecule has 0 saturated carbocycles. The fourth-order valence-electron chi connectivity index (χ4n) is 3.65. The number of unbranched alkanes of at least 4 members (excludes halogenated alkanes) is 1. The molecule has 0 atom stereocenters. The zero-order valence-corrected chi connectivity index (χ0v) is 17.3. The summed E-state index contributed by atoms with van der Waals surface area (Å²) < 4.78 is 30.0. The second-order valence-electron chi connectivity index (χ2n) is 7.39. The van der Waals surface area contributed by atoms with Crippen LogP contribution in [0.3, 0.4) is 0 Å². The summed E-state index contributed by atoms with van der Waals surface area (Å²) in [4.78, 5) is 19.5. The quantitative estimate of drug-likeness (QED) is 0.383. The molecule has 0 saturated heterocycles. The van der Waals surface area contributed by atoms with E-state index >= 15 is 0 Å². The van der Waals surface area contributed by atoms with Gasteiger partial charge in [0, 0.05) is 12.2 Å². The van der Waals surface area contributed by atoms with Crippen molar-refractivity contribution in [2.24, 2.45) is 0 Å². The van der Waals surface area contributed by atoms with E-state index in [-0.39, 0.29) is 12.1 Å². The summed E-state index contributed by atoms with van der Waals surface area (Å²) in [5.74, 6) is -1.26. The Balaban J connectivity index is 1.77. The number of hydrogen-bond donors (Lipinski definition) is 0. The van der Waals surface area contributed by atoms with Gasteiger partial charge in [0.25, 0.3) is 5.91 Å². The van der Waals surface area contributed by atoms with Gasteiger partial charge < -0.3 is 4.90 Å². The Morgan fingerprint density at radius 3 is 2.52 bits per heavy atom. The van der Waals surface area contributed by atoms with Gasteiger partial charge in [0.2, 0.25) is 0 Å². The SMILES string of the molecule is CCCCN(Cc1nc2ccccc2n1-c1ccccc1)C(=O)c1cc(F)ccc1F. The molecule has 0 aliphatic carbocycles. The minimum Gasteiger partial charge on any atom is -0.331 e. The molecule has 4 nitrogen and oxygen atoms in total. The van der Waals surface area contributed by atoms with E-state index < -0.39 is 17.5 Å². The minimum absolute atomic E-state index is 0.179. The molecule has 1 aromatic heterocycles. The lowest BCUT2D eigenvalue weighted by molar-refractivity contribution is 0.0730. The zero-order chi connectivity index (χ0) is 21.8. The summed E-state index contributed by atoms with van der Waals surface area (Å²) in [6.07, 6.45) is 1.61. The highest BCUT2D eigenvalue weighted by Gasteiger charge is 2.23. The summed E-state index contributed by atoms with van der Waals surface area (Å²) in [6, 6.07) is 20.5. The average Bonchev–Trinajstić information content (AvgIpc) is 3.16. The van der Waals surface area contributed by atoms with Gasteiger partial charge in [-0.25, -0.2) is 13.8 Å². The van der Waals surface area contributed by atoms with Gasteiger partial charge in [-0.3, -0.25) is 9.36 Å². The van der Waals surface area contributed by atoms with Crippen molar-refractivity contribution in [1.29, 1.82) is 0 Å². The molecule has 158 valence electrons. The maximum atomic E-state index is 14.3. The number of aromatic nitrogens is 2. The highest BCUT2D eigenvalue weighted by molar-refractivity contribution is 5.94. The lowest BCUT2D eigenvalue weighted by atomic mass is 10.1. The van der Waals surface area contributed by atoms with Crippen molar-refractivity contribution in [3.63, 3.8) is 0 Å². The highest BCUT2D eigenvalue weighted by Crippen LogP contribution is 2.23. The fraction of sp³-hybridized carbons (Fsp3) is 0.200. The molecule has 1 amide bonds.